The van der Waals surface area contributed by atoms with E-state index in [0.717, 1.165) is 12.7 Å². The first kappa shape index (κ1) is 11.6. The fraction of sp³-hybridized carbons (Fsp3) is 0.400. The van der Waals surface area contributed by atoms with Crippen molar-refractivity contribution in [3.8, 4) is 0 Å². The number of carbonyl (C=O) groups is 1. The van der Waals surface area contributed by atoms with Crippen molar-refractivity contribution in [3.63, 3.8) is 0 Å². The highest BCUT2D eigenvalue weighted by atomic mass is 18.2. The van der Waals surface area contributed by atoms with Crippen molar-refractivity contribution in [2.75, 3.05) is 27.2 Å². The fourth-order valence-electron chi connectivity index (χ4n) is 0.994. The van der Waals surface area contributed by atoms with Crippen molar-refractivity contribution in [1.29, 1.82) is 0 Å². The van der Waals surface area contributed by atoms with Gasteiger partial charge in [0.2, 0.25) is 0 Å². The Morgan fingerprint density at radius 2 is 2.27 bits per heavy atom. The molecule has 0 aromatic carbocycles. The standard InChI is InChI=1S/C10H14FN3O/c1-14(2)6-5-12-10(15)9-4-3-8(11)7-13-9/h3-4,7H,5-6H2,1-2H3,(H,12,15)/i11-1. The summed E-state index contributed by atoms with van der Waals surface area (Å²) in [4.78, 5) is 17.1. The Hall–Kier alpha value is -1.49. The van der Waals surface area contributed by atoms with E-state index in [-0.39, 0.29) is 11.6 Å². The lowest BCUT2D eigenvalue weighted by molar-refractivity contribution is 0.0946. The van der Waals surface area contributed by atoms with E-state index in [4.69, 9.17) is 0 Å². The van der Waals surface area contributed by atoms with Gasteiger partial charge in [-0.05, 0) is 26.2 Å². The topological polar surface area (TPSA) is 45.2 Å². The van der Waals surface area contributed by atoms with Crippen molar-refractivity contribution in [2.24, 2.45) is 0 Å². The molecule has 4 nitrogen and oxygen atoms in total. The van der Waals surface area contributed by atoms with Gasteiger partial charge in [-0.1, -0.05) is 0 Å². The summed E-state index contributed by atoms with van der Waals surface area (Å²) in [7, 11) is 3.84. The van der Waals surface area contributed by atoms with Crippen LogP contribution < -0.4 is 5.32 Å². The molecule has 0 bridgehead atoms. The summed E-state index contributed by atoms with van der Waals surface area (Å²) in [6, 6.07) is 2.58. The summed E-state index contributed by atoms with van der Waals surface area (Å²) in [5.74, 6) is -0.725. The predicted octanol–water partition coefficient (Wildman–Crippen LogP) is 0.512. The van der Waals surface area contributed by atoms with E-state index in [1.807, 2.05) is 19.0 Å². The summed E-state index contributed by atoms with van der Waals surface area (Å²) >= 11 is 0. The second-order valence-electron chi connectivity index (χ2n) is 3.42. The molecule has 1 heterocycles. The molecule has 5 heteroatoms. The summed E-state index contributed by atoms with van der Waals surface area (Å²) < 4.78 is 12.5. The van der Waals surface area contributed by atoms with E-state index in [1.54, 1.807) is 0 Å². The first-order valence-corrected chi connectivity index (χ1v) is 4.64. The smallest absolute Gasteiger partial charge is 0.269 e. The van der Waals surface area contributed by atoms with Crippen molar-refractivity contribution >= 4 is 5.91 Å². The van der Waals surface area contributed by atoms with Gasteiger partial charge >= 0.3 is 0 Å². The third-order valence-corrected chi connectivity index (χ3v) is 1.80. The highest BCUT2D eigenvalue weighted by Crippen LogP contribution is 1.97. The second-order valence-corrected chi connectivity index (χ2v) is 3.42. The second kappa shape index (κ2) is 5.41. The normalized spacial score (nSPS) is 10.4. The third-order valence-electron chi connectivity index (χ3n) is 1.80. The molecule has 0 spiro atoms. The van der Waals surface area contributed by atoms with Crippen LogP contribution >= 0.6 is 0 Å². The lowest BCUT2D eigenvalue weighted by Crippen LogP contribution is -2.31. The molecular weight excluding hydrogens is 196 g/mol. The van der Waals surface area contributed by atoms with Crippen molar-refractivity contribution in [3.05, 3.63) is 29.8 Å². The van der Waals surface area contributed by atoms with Gasteiger partial charge in [0.1, 0.15) is 11.5 Å². The lowest BCUT2D eigenvalue weighted by Gasteiger charge is -2.09. The van der Waals surface area contributed by atoms with Gasteiger partial charge in [0.15, 0.2) is 0 Å². The van der Waals surface area contributed by atoms with Gasteiger partial charge in [0, 0.05) is 13.1 Å². The number of rotatable bonds is 4. The number of hydrogen-bond acceptors (Lipinski definition) is 3. The number of carbonyl (C=O) groups excluding carboxylic acids is 1. The highest BCUT2D eigenvalue weighted by Gasteiger charge is 2.05. The lowest BCUT2D eigenvalue weighted by atomic mass is 10.3. The van der Waals surface area contributed by atoms with Crippen LogP contribution in [0.25, 0.3) is 0 Å². The van der Waals surface area contributed by atoms with Gasteiger partial charge in [0.05, 0.1) is 6.20 Å². The number of halogens is 1. The van der Waals surface area contributed by atoms with Crippen LogP contribution in [0, 0.1) is 5.82 Å². The number of nitrogens with zero attached hydrogens (tertiary/aromatic N) is 2. The van der Waals surface area contributed by atoms with Crippen LogP contribution in [0.5, 0.6) is 0 Å². The minimum absolute atomic E-state index is 0.232. The van der Waals surface area contributed by atoms with Gasteiger partial charge in [0.25, 0.3) is 5.91 Å². The molecule has 15 heavy (non-hydrogen) atoms. The van der Waals surface area contributed by atoms with E-state index in [0.29, 0.717) is 6.54 Å². The molecule has 0 atom stereocenters. The zero-order valence-electron chi connectivity index (χ0n) is 8.83. The van der Waals surface area contributed by atoms with E-state index in [2.05, 4.69) is 10.3 Å². The summed E-state index contributed by atoms with van der Waals surface area (Å²) in [5, 5.41) is 2.68. The number of aromatic nitrogens is 1. The van der Waals surface area contributed by atoms with E-state index in [9.17, 15) is 9.18 Å². The molecular formula is C10H14FN3O. The van der Waals surface area contributed by atoms with Gasteiger partial charge in [-0.15, -0.1) is 0 Å². The van der Waals surface area contributed by atoms with Crippen LogP contribution in [0.1, 0.15) is 10.5 Å². The van der Waals surface area contributed by atoms with Crippen LogP contribution in [-0.2, 0) is 0 Å². The van der Waals surface area contributed by atoms with Crippen LogP contribution in [-0.4, -0.2) is 43.0 Å². The molecule has 0 unspecified atom stereocenters. The van der Waals surface area contributed by atoms with Gasteiger partial charge < -0.3 is 10.2 Å². The van der Waals surface area contributed by atoms with Crippen molar-refractivity contribution in [1.82, 2.24) is 15.2 Å². The fourth-order valence-corrected chi connectivity index (χ4v) is 0.994. The predicted molar refractivity (Wildman–Crippen MR) is 55.1 cm³/mol. The van der Waals surface area contributed by atoms with Crippen molar-refractivity contribution in [2.45, 2.75) is 0 Å². The first-order valence-electron chi connectivity index (χ1n) is 4.64. The molecule has 0 aliphatic rings. The molecule has 1 rings (SSSR count). The maximum atomic E-state index is 12.5. The Morgan fingerprint density at radius 1 is 1.53 bits per heavy atom. The van der Waals surface area contributed by atoms with Crippen molar-refractivity contribution < 1.29 is 9.18 Å². The van der Waals surface area contributed by atoms with E-state index < -0.39 is 5.82 Å². The van der Waals surface area contributed by atoms with Crippen LogP contribution in [0.4, 0.5) is 4.39 Å². The minimum Gasteiger partial charge on any atom is -0.349 e. The molecule has 0 fully saturated rings. The molecule has 0 radical (unpaired) electrons. The van der Waals surface area contributed by atoms with Gasteiger partial charge in [-0.25, -0.2) is 9.37 Å². The number of hydrogen-bond donors (Lipinski definition) is 1. The van der Waals surface area contributed by atoms with E-state index >= 15 is 0 Å². The Kier molecular flexibility index (Phi) is 4.17. The Morgan fingerprint density at radius 3 is 2.80 bits per heavy atom. The summed E-state index contributed by atoms with van der Waals surface area (Å²) in [6.07, 6.45) is 1.03. The summed E-state index contributed by atoms with van der Waals surface area (Å²) in [5.41, 5.74) is 0.232. The van der Waals surface area contributed by atoms with Crippen LogP contribution in [0.15, 0.2) is 18.3 Å². The zero-order chi connectivity index (χ0) is 11.3. The quantitative estimate of drug-likeness (QED) is 0.787. The summed E-state index contributed by atoms with van der Waals surface area (Å²) in [6.45, 7) is 1.30. The van der Waals surface area contributed by atoms with Gasteiger partial charge in [-0.3, -0.25) is 4.79 Å². The SMILES string of the molecule is CN(C)CCNC(=O)c1ccc([18F])cn1. The maximum Gasteiger partial charge on any atom is 0.269 e. The molecule has 82 valence electrons. The Labute approximate surface area is 88.1 Å². The maximum absolute atomic E-state index is 12.5. The largest absolute Gasteiger partial charge is 0.349 e. The number of nitrogens with one attached hydrogen (secondary N) is 1. The molecule has 1 aromatic heterocycles. The monoisotopic (exact) mass is 210 g/mol. The molecule has 0 saturated carbocycles. The Bertz CT molecular complexity index is 324. The minimum atomic E-state index is -0.445. The van der Waals surface area contributed by atoms with Crippen LogP contribution in [0.2, 0.25) is 0 Å². The average molecular weight is 210 g/mol. The molecule has 1 amide bonds. The molecule has 0 aliphatic carbocycles. The third kappa shape index (κ3) is 4.03. The first-order chi connectivity index (χ1) is 7.09. The van der Waals surface area contributed by atoms with E-state index in [1.165, 1.54) is 12.1 Å². The molecule has 1 N–H and O–H groups in total. The Balaban J connectivity index is 2.43. The number of amides is 1. The molecule has 0 saturated heterocycles. The van der Waals surface area contributed by atoms with Crippen LogP contribution in [0.3, 0.4) is 0 Å². The number of pyridine rings is 1. The molecule has 1 aromatic rings. The zero-order valence-corrected chi connectivity index (χ0v) is 8.83. The highest BCUT2D eigenvalue weighted by molar-refractivity contribution is 5.92. The average Bonchev–Trinajstić information content (AvgIpc) is 2.18. The van der Waals surface area contributed by atoms with Gasteiger partial charge in [-0.2, -0.15) is 0 Å². The number of likely N-dealkylation sites (N-methyl/N-ethyl adjacent to an activating group) is 1. The molecule has 0 aliphatic heterocycles.